The second-order valence-corrected chi connectivity index (χ2v) is 4.53. The van der Waals surface area contributed by atoms with Crippen LogP contribution in [-0.2, 0) is 0 Å². The van der Waals surface area contributed by atoms with Gasteiger partial charge in [0.1, 0.15) is 18.0 Å². The van der Waals surface area contributed by atoms with Crippen LogP contribution in [0.25, 0.3) is 0 Å². The van der Waals surface area contributed by atoms with Gasteiger partial charge in [0.05, 0.1) is 0 Å². The number of aryl methyl sites for hydroxylation is 1. The lowest BCUT2D eigenvalue weighted by molar-refractivity contribution is 0.886. The molecule has 2 rings (SSSR count). The molecule has 4 nitrogen and oxygen atoms in total. The maximum absolute atomic E-state index is 4.22. The molecule has 0 bridgehead atoms. The molecular weight excluding hydrogens is 224 g/mol. The van der Waals surface area contributed by atoms with Crippen molar-refractivity contribution < 1.29 is 0 Å². The summed E-state index contributed by atoms with van der Waals surface area (Å²) in [6, 6.07) is 10.4. The first-order valence-corrected chi connectivity index (χ1v) is 6.06. The van der Waals surface area contributed by atoms with E-state index in [1.165, 1.54) is 5.56 Å². The molecule has 2 aromatic rings. The number of para-hydroxylation sites is 1. The van der Waals surface area contributed by atoms with Crippen LogP contribution in [0.15, 0.2) is 36.7 Å². The van der Waals surface area contributed by atoms with Gasteiger partial charge >= 0.3 is 0 Å². The lowest BCUT2D eigenvalue weighted by Crippen LogP contribution is -2.11. The highest BCUT2D eigenvalue weighted by molar-refractivity contribution is 5.61. The Balaban J connectivity index is 2.17. The molecular formula is C14H18N4. The van der Waals surface area contributed by atoms with Gasteiger partial charge in [-0.1, -0.05) is 18.2 Å². The molecule has 94 valence electrons. The molecule has 1 aromatic carbocycles. The maximum Gasteiger partial charge on any atom is 0.135 e. The third-order valence-electron chi connectivity index (χ3n) is 2.51. The summed E-state index contributed by atoms with van der Waals surface area (Å²) in [5.41, 5.74) is 2.25. The van der Waals surface area contributed by atoms with E-state index >= 15 is 0 Å². The monoisotopic (exact) mass is 242 g/mol. The standard InChI is InChI=1S/C14H18N4/c1-10(2)17-13-8-14(16-9-15-13)18-12-7-5-4-6-11(12)3/h4-10H,1-3H3,(H2,15,16,17,18). The van der Waals surface area contributed by atoms with Crippen LogP contribution in [-0.4, -0.2) is 16.0 Å². The van der Waals surface area contributed by atoms with Crippen molar-refractivity contribution in [1.29, 1.82) is 0 Å². The number of nitrogens with one attached hydrogen (secondary N) is 2. The highest BCUT2D eigenvalue weighted by Gasteiger charge is 2.02. The van der Waals surface area contributed by atoms with E-state index in [1.54, 1.807) is 6.33 Å². The molecule has 0 aliphatic rings. The van der Waals surface area contributed by atoms with Crippen molar-refractivity contribution in [3.05, 3.63) is 42.2 Å². The Bertz CT molecular complexity index is 523. The maximum atomic E-state index is 4.22. The van der Waals surface area contributed by atoms with Crippen LogP contribution in [0.4, 0.5) is 17.3 Å². The smallest absolute Gasteiger partial charge is 0.135 e. The fourth-order valence-electron chi connectivity index (χ4n) is 1.65. The summed E-state index contributed by atoms with van der Waals surface area (Å²) >= 11 is 0. The second kappa shape index (κ2) is 5.49. The lowest BCUT2D eigenvalue weighted by Gasteiger charge is -2.11. The Morgan fingerprint density at radius 3 is 2.50 bits per heavy atom. The topological polar surface area (TPSA) is 49.8 Å². The predicted molar refractivity (Wildman–Crippen MR) is 75.3 cm³/mol. The number of anilines is 3. The van der Waals surface area contributed by atoms with Gasteiger partial charge in [-0.05, 0) is 32.4 Å². The van der Waals surface area contributed by atoms with Crippen molar-refractivity contribution in [2.45, 2.75) is 26.8 Å². The Morgan fingerprint density at radius 2 is 1.78 bits per heavy atom. The van der Waals surface area contributed by atoms with Gasteiger partial charge in [-0.2, -0.15) is 0 Å². The normalized spacial score (nSPS) is 10.4. The number of nitrogens with zero attached hydrogens (tertiary/aromatic N) is 2. The lowest BCUT2D eigenvalue weighted by atomic mass is 10.2. The Kier molecular flexibility index (Phi) is 3.77. The van der Waals surface area contributed by atoms with Gasteiger partial charge in [-0.25, -0.2) is 9.97 Å². The Morgan fingerprint density at radius 1 is 1.06 bits per heavy atom. The number of hydrogen-bond donors (Lipinski definition) is 2. The summed E-state index contributed by atoms with van der Waals surface area (Å²) in [6.45, 7) is 6.23. The third-order valence-corrected chi connectivity index (χ3v) is 2.51. The van der Waals surface area contributed by atoms with Crippen molar-refractivity contribution in [3.8, 4) is 0 Å². The van der Waals surface area contributed by atoms with E-state index < -0.39 is 0 Å². The zero-order chi connectivity index (χ0) is 13.0. The number of hydrogen-bond acceptors (Lipinski definition) is 4. The summed E-state index contributed by atoms with van der Waals surface area (Å²) in [6.07, 6.45) is 1.56. The van der Waals surface area contributed by atoms with Gasteiger partial charge in [0.2, 0.25) is 0 Å². The second-order valence-electron chi connectivity index (χ2n) is 4.53. The molecule has 18 heavy (non-hydrogen) atoms. The SMILES string of the molecule is Cc1ccccc1Nc1cc(NC(C)C)ncn1. The summed E-state index contributed by atoms with van der Waals surface area (Å²) < 4.78 is 0. The van der Waals surface area contributed by atoms with Crippen molar-refractivity contribution in [2.75, 3.05) is 10.6 Å². The van der Waals surface area contributed by atoms with E-state index in [1.807, 2.05) is 24.3 Å². The van der Waals surface area contributed by atoms with Gasteiger partial charge in [0, 0.05) is 17.8 Å². The highest BCUT2D eigenvalue weighted by Crippen LogP contribution is 2.19. The summed E-state index contributed by atoms with van der Waals surface area (Å²) in [5, 5.41) is 6.55. The predicted octanol–water partition coefficient (Wildman–Crippen LogP) is 3.35. The first-order chi connectivity index (χ1) is 8.65. The summed E-state index contributed by atoms with van der Waals surface area (Å²) in [7, 11) is 0. The van der Waals surface area contributed by atoms with Gasteiger partial charge in [0.25, 0.3) is 0 Å². The summed E-state index contributed by atoms with van der Waals surface area (Å²) in [5.74, 6) is 1.62. The molecule has 0 spiro atoms. The largest absolute Gasteiger partial charge is 0.368 e. The van der Waals surface area contributed by atoms with E-state index in [-0.39, 0.29) is 0 Å². The van der Waals surface area contributed by atoms with Crippen molar-refractivity contribution in [2.24, 2.45) is 0 Å². The fourth-order valence-corrected chi connectivity index (χ4v) is 1.65. The van der Waals surface area contributed by atoms with Gasteiger partial charge in [-0.15, -0.1) is 0 Å². The molecule has 0 saturated heterocycles. The molecule has 0 atom stereocenters. The quantitative estimate of drug-likeness (QED) is 0.863. The zero-order valence-corrected chi connectivity index (χ0v) is 10.9. The first-order valence-electron chi connectivity index (χ1n) is 6.06. The molecule has 0 unspecified atom stereocenters. The fraction of sp³-hybridized carbons (Fsp3) is 0.286. The molecule has 2 N–H and O–H groups in total. The van der Waals surface area contributed by atoms with Crippen molar-refractivity contribution in [3.63, 3.8) is 0 Å². The van der Waals surface area contributed by atoms with E-state index in [9.17, 15) is 0 Å². The molecule has 0 saturated carbocycles. The highest BCUT2D eigenvalue weighted by atomic mass is 15.1. The van der Waals surface area contributed by atoms with Crippen LogP contribution in [0.1, 0.15) is 19.4 Å². The molecule has 0 amide bonds. The zero-order valence-electron chi connectivity index (χ0n) is 10.9. The van der Waals surface area contributed by atoms with Gasteiger partial charge in [-0.3, -0.25) is 0 Å². The molecule has 0 aliphatic heterocycles. The molecule has 0 radical (unpaired) electrons. The van der Waals surface area contributed by atoms with Gasteiger partial charge in [0.15, 0.2) is 0 Å². The third kappa shape index (κ3) is 3.20. The molecule has 1 heterocycles. The Hall–Kier alpha value is -2.10. The molecule has 1 aromatic heterocycles. The molecule has 4 heteroatoms. The minimum atomic E-state index is 0.353. The number of rotatable bonds is 4. The van der Waals surface area contributed by atoms with E-state index in [0.29, 0.717) is 6.04 Å². The average Bonchev–Trinajstić information content (AvgIpc) is 2.32. The van der Waals surface area contributed by atoms with Gasteiger partial charge < -0.3 is 10.6 Å². The van der Waals surface area contributed by atoms with Crippen LogP contribution in [0, 0.1) is 6.92 Å². The van der Waals surface area contributed by atoms with E-state index in [0.717, 1.165) is 17.3 Å². The van der Waals surface area contributed by atoms with E-state index in [2.05, 4.69) is 47.4 Å². The minimum absolute atomic E-state index is 0.353. The molecule has 0 aliphatic carbocycles. The van der Waals surface area contributed by atoms with Crippen LogP contribution in [0.5, 0.6) is 0 Å². The van der Waals surface area contributed by atoms with Crippen LogP contribution in [0.2, 0.25) is 0 Å². The van der Waals surface area contributed by atoms with Crippen LogP contribution < -0.4 is 10.6 Å². The van der Waals surface area contributed by atoms with Crippen molar-refractivity contribution >= 4 is 17.3 Å². The van der Waals surface area contributed by atoms with Crippen LogP contribution >= 0.6 is 0 Å². The van der Waals surface area contributed by atoms with E-state index in [4.69, 9.17) is 0 Å². The minimum Gasteiger partial charge on any atom is -0.368 e. The summed E-state index contributed by atoms with van der Waals surface area (Å²) in [4.78, 5) is 8.40. The van der Waals surface area contributed by atoms with Crippen LogP contribution in [0.3, 0.4) is 0 Å². The molecule has 0 fully saturated rings. The Labute approximate surface area is 107 Å². The number of aromatic nitrogens is 2. The first kappa shape index (κ1) is 12.4. The average molecular weight is 242 g/mol. The number of benzene rings is 1. The van der Waals surface area contributed by atoms with Crippen molar-refractivity contribution in [1.82, 2.24) is 9.97 Å².